The Morgan fingerprint density at radius 1 is 0.578 bits per heavy atom. The van der Waals surface area contributed by atoms with Gasteiger partial charge in [0.15, 0.2) is 24.6 Å². The second-order valence-electron chi connectivity index (χ2n) is 15.8. The number of nitrogens with zero attached hydrogens (tertiary/aromatic N) is 3. The largest absolute Gasteiger partial charge is 0.452 e. The van der Waals surface area contributed by atoms with E-state index in [0.717, 1.165) is 10.4 Å². The Hall–Kier alpha value is -6.16. The summed E-state index contributed by atoms with van der Waals surface area (Å²) in [4.78, 5) is 44.9. The molecule has 6 rings (SSSR count). The molecule has 0 aliphatic carbocycles. The fourth-order valence-electron chi connectivity index (χ4n) is 7.51. The van der Waals surface area contributed by atoms with Gasteiger partial charge in [-0.2, -0.15) is 0 Å². The van der Waals surface area contributed by atoms with Crippen molar-refractivity contribution in [2.45, 2.75) is 56.5 Å². The van der Waals surface area contributed by atoms with E-state index in [0.29, 0.717) is 0 Å². The zero-order chi connectivity index (χ0) is 45.2. The molecule has 5 atom stereocenters. The summed E-state index contributed by atoms with van der Waals surface area (Å²) in [6.45, 7) is 7.14. The average Bonchev–Trinajstić information content (AvgIpc) is 3.32. The molecular weight excluding hydrogens is 835 g/mol. The predicted octanol–water partition coefficient (Wildman–Crippen LogP) is 7.32. The second-order valence-corrected chi connectivity index (χ2v) is 20.1. The quantitative estimate of drug-likeness (QED) is 0.0137. The zero-order valence-corrected chi connectivity index (χ0v) is 37.1. The van der Waals surface area contributed by atoms with Gasteiger partial charge >= 0.3 is 17.9 Å². The lowest BCUT2D eigenvalue weighted by molar-refractivity contribution is -0.299. The molecule has 0 amide bonds. The Bertz CT molecular complexity index is 2220. The summed E-state index contributed by atoms with van der Waals surface area (Å²) in [6.07, 6.45) is -6.88. The Balaban J connectivity index is 1.41. The molecule has 334 valence electrons. The van der Waals surface area contributed by atoms with Crippen molar-refractivity contribution in [1.29, 1.82) is 0 Å². The molecule has 0 radical (unpaired) electrons. The van der Waals surface area contributed by atoms with E-state index in [2.05, 4.69) is 55.1 Å². The van der Waals surface area contributed by atoms with Crippen LogP contribution in [0.5, 0.6) is 0 Å². The Labute approximate surface area is 374 Å². The molecule has 0 unspecified atom stereocenters. The summed E-state index contributed by atoms with van der Waals surface area (Å²) in [5.74, 6) is -2.25. The summed E-state index contributed by atoms with van der Waals surface area (Å²) in [6, 6.07) is 45.1. The van der Waals surface area contributed by atoms with E-state index in [1.165, 1.54) is 0 Å². The number of hydrogen-bond donors (Lipinski definition) is 0. The SMILES string of the molecule is CC(C)(C)[Si](OC[C@H]1O[C@H](OCCOCCOCCN=[N+]=[N-])[C@@H](OC(=O)c2ccccc2)[C@@H](OC(=O)c2ccccc2)[C@@H]1OC(=O)c1ccccc1)(c1ccccc1)c1ccccc1. The molecule has 0 saturated carbocycles. The molecule has 5 aromatic carbocycles. The number of carbonyl (C=O) groups excluding carboxylic acids is 3. The maximum Gasteiger partial charge on any atom is 0.338 e. The molecule has 1 heterocycles. The maximum absolute atomic E-state index is 14.1. The second kappa shape index (κ2) is 23.5. The average molecular weight is 888 g/mol. The third-order valence-electron chi connectivity index (χ3n) is 10.5. The smallest absolute Gasteiger partial charge is 0.338 e. The van der Waals surface area contributed by atoms with Crippen LogP contribution in [-0.2, 0) is 37.6 Å². The highest BCUT2D eigenvalue weighted by atomic mass is 28.4. The fourth-order valence-corrected chi connectivity index (χ4v) is 12.1. The van der Waals surface area contributed by atoms with Gasteiger partial charge in [-0.25, -0.2) is 14.4 Å². The summed E-state index contributed by atoms with van der Waals surface area (Å²) < 4.78 is 50.6. The van der Waals surface area contributed by atoms with Crippen molar-refractivity contribution in [3.8, 4) is 0 Å². The molecule has 1 saturated heterocycles. The van der Waals surface area contributed by atoms with Crippen LogP contribution in [0.4, 0.5) is 0 Å². The van der Waals surface area contributed by atoms with Crippen molar-refractivity contribution in [2.75, 3.05) is 46.2 Å². The maximum atomic E-state index is 14.1. The minimum Gasteiger partial charge on any atom is -0.452 e. The molecule has 0 spiro atoms. The van der Waals surface area contributed by atoms with E-state index in [-0.39, 0.29) is 62.9 Å². The third-order valence-corrected chi connectivity index (χ3v) is 15.5. The molecule has 0 aromatic heterocycles. The summed E-state index contributed by atoms with van der Waals surface area (Å²) in [7, 11) is -3.25. The lowest BCUT2D eigenvalue weighted by atomic mass is 9.97. The highest BCUT2D eigenvalue weighted by molar-refractivity contribution is 6.99. The van der Waals surface area contributed by atoms with Crippen molar-refractivity contribution in [3.63, 3.8) is 0 Å². The molecule has 0 N–H and O–H groups in total. The first-order valence-electron chi connectivity index (χ1n) is 21.1. The van der Waals surface area contributed by atoms with Gasteiger partial charge in [0.1, 0.15) is 6.10 Å². The molecule has 15 heteroatoms. The minimum atomic E-state index is -3.25. The Kier molecular flexibility index (Phi) is 17.4. The summed E-state index contributed by atoms with van der Waals surface area (Å²) in [5, 5.41) is 4.99. The first-order valence-corrected chi connectivity index (χ1v) is 23.0. The first-order chi connectivity index (χ1) is 31.1. The van der Waals surface area contributed by atoms with Crippen LogP contribution < -0.4 is 10.4 Å². The van der Waals surface area contributed by atoms with Crippen molar-refractivity contribution in [1.82, 2.24) is 0 Å². The van der Waals surface area contributed by atoms with Gasteiger partial charge < -0.3 is 37.6 Å². The number of esters is 3. The van der Waals surface area contributed by atoms with Crippen LogP contribution >= 0.6 is 0 Å². The van der Waals surface area contributed by atoms with Gasteiger partial charge in [-0.15, -0.1) is 0 Å². The van der Waals surface area contributed by atoms with Gasteiger partial charge in [0.05, 0.1) is 56.3 Å². The number of ether oxygens (including phenoxy) is 7. The third kappa shape index (κ3) is 12.3. The molecule has 64 heavy (non-hydrogen) atoms. The number of rotatable bonds is 21. The van der Waals surface area contributed by atoms with E-state index >= 15 is 0 Å². The summed E-state index contributed by atoms with van der Waals surface area (Å²) in [5.41, 5.74) is 9.15. The summed E-state index contributed by atoms with van der Waals surface area (Å²) >= 11 is 0. The van der Waals surface area contributed by atoms with Gasteiger partial charge in [0.2, 0.25) is 0 Å². The van der Waals surface area contributed by atoms with Crippen LogP contribution in [0.15, 0.2) is 157 Å². The number of azide groups is 1. The molecule has 1 aliphatic rings. The van der Waals surface area contributed by atoms with Crippen LogP contribution in [0.25, 0.3) is 10.4 Å². The standard InChI is InChI=1S/C49H53N3O11Si/c1-49(2,3)64(39-25-15-7-16-26-39,40-27-17-8-18-28-40)59-35-41-42(61-45(53)36-19-9-4-10-20-36)43(62-46(54)37-21-11-5-12-22-37)44(63-47(55)38-23-13-6-14-24-38)48(60-41)58-34-33-57-32-31-56-30-29-51-52-50/h4-28,41-44,48H,29-35H2,1-3H3/t41-,42-,43+,44+,48+/m1/s1. The first kappa shape index (κ1) is 47.3. The van der Waals surface area contributed by atoms with Crippen LogP contribution in [0.1, 0.15) is 51.8 Å². The van der Waals surface area contributed by atoms with E-state index in [9.17, 15) is 14.4 Å². The number of hydrogen-bond acceptors (Lipinski definition) is 12. The van der Waals surface area contributed by atoms with Gasteiger partial charge in [0.25, 0.3) is 8.32 Å². The van der Waals surface area contributed by atoms with Crippen LogP contribution in [-0.4, -0.2) is 103 Å². The molecule has 14 nitrogen and oxygen atoms in total. The number of benzene rings is 5. The van der Waals surface area contributed by atoms with Gasteiger partial charge in [-0.1, -0.05) is 141 Å². The highest BCUT2D eigenvalue weighted by Gasteiger charge is 2.56. The lowest BCUT2D eigenvalue weighted by Crippen LogP contribution is -2.69. The van der Waals surface area contributed by atoms with Crippen molar-refractivity contribution >= 4 is 36.6 Å². The van der Waals surface area contributed by atoms with E-state index < -0.39 is 62.0 Å². The van der Waals surface area contributed by atoms with Crippen LogP contribution in [0, 0.1) is 0 Å². The Morgan fingerprint density at radius 2 is 0.984 bits per heavy atom. The fraction of sp³-hybridized carbons (Fsp3) is 0.327. The molecule has 0 bridgehead atoms. The Morgan fingerprint density at radius 3 is 1.44 bits per heavy atom. The molecule has 5 aromatic rings. The van der Waals surface area contributed by atoms with E-state index in [4.69, 9.17) is 43.1 Å². The topological polar surface area (TPSA) is 174 Å². The van der Waals surface area contributed by atoms with E-state index in [1.807, 2.05) is 36.4 Å². The van der Waals surface area contributed by atoms with Gasteiger partial charge in [-0.3, -0.25) is 0 Å². The predicted molar refractivity (Wildman–Crippen MR) is 241 cm³/mol. The number of carbonyl (C=O) groups is 3. The lowest BCUT2D eigenvalue weighted by Gasteiger charge is -2.47. The highest BCUT2D eigenvalue weighted by Crippen LogP contribution is 2.38. The van der Waals surface area contributed by atoms with Crippen LogP contribution in [0.3, 0.4) is 0 Å². The molecule has 1 fully saturated rings. The van der Waals surface area contributed by atoms with Crippen molar-refractivity contribution in [2.24, 2.45) is 5.11 Å². The van der Waals surface area contributed by atoms with Gasteiger partial charge in [0, 0.05) is 11.5 Å². The molecule has 1 aliphatic heterocycles. The van der Waals surface area contributed by atoms with Gasteiger partial charge in [-0.05, 0) is 57.3 Å². The minimum absolute atomic E-state index is 0.0567. The van der Waals surface area contributed by atoms with Crippen LogP contribution in [0.2, 0.25) is 5.04 Å². The van der Waals surface area contributed by atoms with E-state index in [1.54, 1.807) is 91.0 Å². The molecular formula is C49H53N3O11Si. The zero-order valence-electron chi connectivity index (χ0n) is 36.1. The van der Waals surface area contributed by atoms with Crippen molar-refractivity contribution < 1.29 is 52.0 Å². The van der Waals surface area contributed by atoms with Crippen molar-refractivity contribution in [3.05, 3.63) is 179 Å². The normalized spacial score (nSPS) is 18.6. The monoisotopic (exact) mass is 887 g/mol.